The molecule has 0 saturated heterocycles. The largest absolute Gasteiger partial charge is 0.490 e. The zero-order chi connectivity index (χ0) is 13.8. The SMILES string of the molecule is CCN(CC)CCOc1c(C)[nH]c2ccc(Br)cc12. The molecular weight excluding hydrogens is 304 g/mol. The molecular formula is C15H21BrN2O. The van der Waals surface area contributed by atoms with Crippen LogP contribution in [0.3, 0.4) is 0 Å². The van der Waals surface area contributed by atoms with E-state index in [1.807, 2.05) is 6.07 Å². The fourth-order valence-electron chi connectivity index (χ4n) is 2.28. The molecule has 2 aromatic rings. The smallest absolute Gasteiger partial charge is 0.147 e. The predicted molar refractivity (Wildman–Crippen MR) is 84.0 cm³/mol. The van der Waals surface area contributed by atoms with Crippen LogP contribution in [-0.2, 0) is 0 Å². The van der Waals surface area contributed by atoms with E-state index >= 15 is 0 Å². The standard InChI is InChI=1S/C15H21BrN2O/c1-4-18(5-2)8-9-19-15-11(3)17-14-7-6-12(16)10-13(14)15/h6-7,10,17H,4-5,8-9H2,1-3H3. The van der Waals surface area contributed by atoms with E-state index in [1.165, 1.54) is 0 Å². The van der Waals surface area contributed by atoms with Crippen LogP contribution in [0.2, 0.25) is 0 Å². The van der Waals surface area contributed by atoms with Crippen molar-refractivity contribution >= 4 is 26.8 Å². The molecule has 0 bridgehead atoms. The van der Waals surface area contributed by atoms with E-state index in [9.17, 15) is 0 Å². The van der Waals surface area contributed by atoms with Gasteiger partial charge in [0.1, 0.15) is 12.4 Å². The second kappa shape index (κ2) is 6.44. The predicted octanol–water partition coefficient (Wildman–Crippen LogP) is 3.96. The highest BCUT2D eigenvalue weighted by Crippen LogP contribution is 2.31. The van der Waals surface area contributed by atoms with Crippen molar-refractivity contribution in [3.63, 3.8) is 0 Å². The molecule has 2 rings (SSSR count). The molecule has 1 heterocycles. The summed E-state index contributed by atoms with van der Waals surface area (Å²) >= 11 is 3.51. The first kappa shape index (κ1) is 14.4. The number of fused-ring (bicyclic) bond motifs is 1. The molecule has 0 aliphatic carbocycles. The van der Waals surface area contributed by atoms with Crippen molar-refractivity contribution in [3.8, 4) is 5.75 Å². The molecule has 0 radical (unpaired) electrons. The summed E-state index contributed by atoms with van der Waals surface area (Å²) in [7, 11) is 0. The highest BCUT2D eigenvalue weighted by molar-refractivity contribution is 9.10. The minimum Gasteiger partial charge on any atom is -0.490 e. The third-order valence-electron chi connectivity index (χ3n) is 3.44. The van der Waals surface area contributed by atoms with Crippen molar-refractivity contribution in [2.24, 2.45) is 0 Å². The molecule has 1 aromatic heterocycles. The van der Waals surface area contributed by atoms with Gasteiger partial charge in [0.2, 0.25) is 0 Å². The van der Waals surface area contributed by atoms with E-state index < -0.39 is 0 Å². The number of hydrogen-bond acceptors (Lipinski definition) is 2. The van der Waals surface area contributed by atoms with E-state index in [0.717, 1.165) is 53.1 Å². The van der Waals surface area contributed by atoms with Crippen LogP contribution in [0.5, 0.6) is 5.75 Å². The average Bonchev–Trinajstić information content (AvgIpc) is 2.71. The Hall–Kier alpha value is -1.000. The van der Waals surface area contributed by atoms with Crippen LogP contribution in [0.4, 0.5) is 0 Å². The quantitative estimate of drug-likeness (QED) is 0.871. The van der Waals surface area contributed by atoms with Crippen LogP contribution >= 0.6 is 15.9 Å². The van der Waals surface area contributed by atoms with Gasteiger partial charge in [-0.2, -0.15) is 0 Å². The van der Waals surface area contributed by atoms with Crippen LogP contribution in [0.1, 0.15) is 19.5 Å². The summed E-state index contributed by atoms with van der Waals surface area (Å²) in [6, 6.07) is 6.22. The van der Waals surface area contributed by atoms with Gasteiger partial charge in [-0.05, 0) is 38.2 Å². The lowest BCUT2D eigenvalue weighted by Crippen LogP contribution is -2.27. The van der Waals surface area contributed by atoms with Gasteiger partial charge in [-0.15, -0.1) is 0 Å². The van der Waals surface area contributed by atoms with Crippen molar-refractivity contribution < 1.29 is 4.74 Å². The van der Waals surface area contributed by atoms with E-state index in [-0.39, 0.29) is 0 Å². The van der Waals surface area contributed by atoms with Gasteiger partial charge in [0.05, 0.1) is 5.69 Å². The minimum atomic E-state index is 0.724. The second-order valence-corrected chi connectivity index (χ2v) is 5.56. The molecule has 4 heteroatoms. The van der Waals surface area contributed by atoms with Crippen LogP contribution in [-0.4, -0.2) is 36.1 Å². The lowest BCUT2D eigenvalue weighted by molar-refractivity contribution is 0.223. The van der Waals surface area contributed by atoms with Crippen molar-refractivity contribution in [1.29, 1.82) is 0 Å². The highest BCUT2D eigenvalue weighted by Gasteiger charge is 2.10. The number of nitrogens with one attached hydrogen (secondary N) is 1. The second-order valence-electron chi connectivity index (χ2n) is 4.64. The summed E-state index contributed by atoms with van der Waals surface area (Å²) in [5.74, 6) is 0.975. The summed E-state index contributed by atoms with van der Waals surface area (Å²) in [6.45, 7) is 10.2. The first-order valence-electron chi connectivity index (χ1n) is 6.78. The lowest BCUT2D eigenvalue weighted by atomic mass is 10.2. The van der Waals surface area contributed by atoms with E-state index in [1.54, 1.807) is 0 Å². The molecule has 19 heavy (non-hydrogen) atoms. The summed E-state index contributed by atoms with van der Waals surface area (Å²) in [4.78, 5) is 5.72. The Morgan fingerprint density at radius 3 is 2.68 bits per heavy atom. The number of aromatic amines is 1. The van der Waals surface area contributed by atoms with E-state index in [0.29, 0.717) is 0 Å². The summed E-state index contributed by atoms with van der Waals surface area (Å²) in [5.41, 5.74) is 2.21. The zero-order valence-electron chi connectivity index (χ0n) is 11.8. The molecule has 3 nitrogen and oxygen atoms in total. The molecule has 1 N–H and O–H groups in total. The van der Waals surface area contributed by atoms with Gasteiger partial charge in [0.25, 0.3) is 0 Å². The van der Waals surface area contributed by atoms with Gasteiger partial charge in [0, 0.05) is 21.9 Å². The number of H-pyrrole nitrogens is 1. The molecule has 104 valence electrons. The number of rotatable bonds is 6. The van der Waals surface area contributed by atoms with Crippen LogP contribution in [0.15, 0.2) is 22.7 Å². The average molecular weight is 325 g/mol. The van der Waals surface area contributed by atoms with Crippen molar-refractivity contribution in [2.45, 2.75) is 20.8 Å². The number of ether oxygens (including phenoxy) is 1. The van der Waals surface area contributed by atoms with Gasteiger partial charge in [-0.1, -0.05) is 29.8 Å². The zero-order valence-corrected chi connectivity index (χ0v) is 13.4. The van der Waals surface area contributed by atoms with Crippen LogP contribution in [0, 0.1) is 6.92 Å². The Labute approximate surface area is 123 Å². The van der Waals surface area contributed by atoms with Gasteiger partial charge >= 0.3 is 0 Å². The minimum absolute atomic E-state index is 0.724. The fraction of sp³-hybridized carbons (Fsp3) is 0.467. The van der Waals surface area contributed by atoms with Gasteiger partial charge in [-0.3, -0.25) is 0 Å². The number of hydrogen-bond donors (Lipinski definition) is 1. The number of aromatic nitrogens is 1. The van der Waals surface area contributed by atoms with Crippen molar-refractivity contribution in [2.75, 3.05) is 26.2 Å². The molecule has 1 aromatic carbocycles. The lowest BCUT2D eigenvalue weighted by Gasteiger charge is -2.18. The third kappa shape index (κ3) is 3.31. The molecule has 0 aliphatic heterocycles. The molecule has 0 amide bonds. The molecule has 0 aliphatic rings. The Bertz CT molecular complexity index is 546. The van der Waals surface area contributed by atoms with Crippen molar-refractivity contribution in [1.82, 2.24) is 9.88 Å². The third-order valence-corrected chi connectivity index (χ3v) is 3.93. The molecule has 0 spiro atoms. The molecule has 0 unspecified atom stereocenters. The maximum absolute atomic E-state index is 5.99. The number of nitrogens with zero attached hydrogens (tertiary/aromatic N) is 1. The number of aryl methyl sites for hydroxylation is 1. The van der Waals surface area contributed by atoms with Crippen molar-refractivity contribution in [3.05, 3.63) is 28.4 Å². The maximum atomic E-state index is 5.99. The number of halogens is 1. The Morgan fingerprint density at radius 2 is 2.00 bits per heavy atom. The Kier molecular flexibility index (Phi) is 4.88. The molecule has 0 fully saturated rings. The van der Waals surface area contributed by atoms with Gasteiger partial charge in [-0.25, -0.2) is 0 Å². The number of benzene rings is 1. The summed E-state index contributed by atoms with van der Waals surface area (Å²) in [6.07, 6.45) is 0. The first-order chi connectivity index (χ1) is 9.15. The monoisotopic (exact) mass is 324 g/mol. The van der Waals surface area contributed by atoms with Gasteiger partial charge < -0.3 is 14.6 Å². The van der Waals surface area contributed by atoms with Crippen LogP contribution in [0.25, 0.3) is 10.9 Å². The van der Waals surface area contributed by atoms with Crippen LogP contribution < -0.4 is 4.74 Å². The van der Waals surface area contributed by atoms with E-state index in [4.69, 9.17) is 4.74 Å². The first-order valence-corrected chi connectivity index (χ1v) is 7.58. The topological polar surface area (TPSA) is 28.3 Å². The van der Waals surface area contributed by atoms with Gasteiger partial charge in [0.15, 0.2) is 0 Å². The number of likely N-dealkylation sites (N-methyl/N-ethyl adjacent to an activating group) is 1. The molecule has 0 saturated carbocycles. The summed E-state index contributed by atoms with van der Waals surface area (Å²) in [5, 5.41) is 1.14. The molecule has 0 atom stereocenters. The summed E-state index contributed by atoms with van der Waals surface area (Å²) < 4.78 is 7.06. The van der Waals surface area contributed by atoms with E-state index in [2.05, 4.69) is 58.7 Å². The maximum Gasteiger partial charge on any atom is 0.147 e. The highest BCUT2D eigenvalue weighted by atomic mass is 79.9. The normalized spacial score (nSPS) is 11.4. The Morgan fingerprint density at radius 1 is 1.26 bits per heavy atom. The Balaban J connectivity index is 2.11. The fourth-order valence-corrected chi connectivity index (χ4v) is 2.64.